The lowest BCUT2D eigenvalue weighted by Crippen LogP contribution is -2.35. The van der Waals surface area contributed by atoms with E-state index < -0.39 is 10.0 Å². The summed E-state index contributed by atoms with van der Waals surface area (Å²) in [6.45, 7) is 8.97. The highest BCUT2D eigenvalue weighted by atomic mass is 32.2. The molecule has 2 aromatic rings. The van der Waals surface area contributed by atoms with Gasteiger partial charge in [0.15, 0.2) is 0 Å². The minimum atomic E-state index is -3.58. The zero-order valence-electron chi connectivity index (χ0n) is 16.7. The number of nitrogens with zero attached hydrogens (tertiary/aromatic N) is 2. The van der Waals surface area contributed by atoms with Gasteiger partial charge >= 0.3 is 0 Å². The number of anilines is 1. The maximum absolute atomic E-state index is 12.9. The van der Waals surface area contributed by atoms with Crippen LogP contribution in [0.1, 0.15) is 30.5 Å². The van der Waals surface area contributed by atoms with Crippen molar-refractivity contribution in [3.8, 4) is 0 Å². The van der Waals surface area contributed by atoms with Crippen molar-refractivity contribution < 1.29 is 13.2 Å². The van der Waals surface area contributed by atoms with E-state index in [9.17, 15) is 13.2 Å². The van der Waals surface area contributed by atoms with Crippen LogP contribution in [0, 0.1) is 13.8 Å². The van der Waals surface area contributed by atoms with Crippen LogP contribution in [0.4, 0.5) is 5.69 Å². The first-order valence-electron chi connectivity index (χ1n) is 9.41. The maximum Gasteiger partial charge on any atom is 0.243 e. The standard InChI is InChI=1S/C21H26N2O3S2/c1-5-22(6-2)28(25,26)18-9-10-20-19(12-18)23(21(24)14-27-20)13-17-11-15(3)7-8-16(17)4/h7-12H,5-6,13-14H2,1-4H3. The van der Waals surface area contributed by atoms with E-state index in [0.717, 1.165) is 21.6 Å². The van der Waals surface area contributed by atoms with Crippen molar-refractivity contribution in [2.75, 3.05) is 23.7 Å². The summed E-state index contributed by atoms with van der Waals surface area (Å²) in [4.78, 5) is 15.6. The number of thioether (sulfide) groups is 1. The molecule has 0 N–H and O–H groups in total. The molecular formula is C21H26N2O3S2. The highest BCUT2D eigenvalue weighted by Gasteiger charge is 2.29. The first kappa shape index (κ1) is 20.9. The number of amides is 1. The molecule has 1 aliphatic rings. The van der Waals surface area contributed by atoms with E-state index in [1.165, 1.54) is 16.1 Å². The molecule has 28 heavy (non-hydrogen) atoms. The molecule has 5 nitrogen and oxygen atoms in total. The zero-order chi connectivity index (χ0) is 20.5. The van der Waals surface area contributed by atoms with Gasteiger partial charge < -0.3 is 4.90 Å². The number of sulfonamides is 1. The van der Waals surface area contributed by atoms with E-state index in [-0.39, 0.29) is 10.8 Å². The van der Waals surface area contributed by atoms with Crippen LogP contribution in [-0.4, -0.2) is 37.5 Å². The molecule has 1 amide bonds. The second-order valence-corrected chi connectivity index (χ2v) is 9.87. The van der Waals surface area contributed by atoms with E-state index in [2.05, 4.69) is 18.2 Å². The molecule has 0 radical (unpaired) electrons. The monoisotopic (exact) mass is 418 g/mol. The normalized spacial score (nSPS) is 14.5. The van der Waals surface area contributed by atoms with Gasteiger partial charge in [0.25, 0.3) is 0 Å². The number of hydrogen-bond acceptors (Lipinski definition) is 4. The molecule has 0 spiro atoms. The molecule has 1 aliphatic heterocycles. The molecule has 2 aromatic carbocycles. The molecule has 0 bridgehead atoms. The number of carbonyl (C=O) groups excluding carboxylic acids is 1. The van der Waals surface area contributed by atoms with Crippen LogP contribution in [0.3, 0.4) is 0 Å². The van der Waals surface area contributed by atoms with E-state index in [1.807, 2.05) is 33.8 Å². The Morgan fingerprint density at radius 3 is 2.46 bits per heavy atom. The van der Waals surface area contributed by atoms with Gasteiger partial charge in [-0.25, -0.2) is 8.42 Å². The Kier molecular flexibility index (Phi) is 6.17. The van der Waals surface area contributed by atoms with Crippen molar-refractivity contribution in [3.05, 3.63) is 53.1 Å². The largest absolute Gasteiger partial charge is 0.306 e. The Morgan fingerprint density at radius 2 is 1.79 bits per heavy atom. The fourth-order valence-electron chi connectivity index (χ4n) is 3.37. The third-order valence-corrected chi connectivity index (χ3v) is 8.14. The van der Waals surface area contributed by atoms with E-state index in [4.69, 9.17) is 0 Å². The Bertz CT molecular complexity index is 999. The van der Waals surface area contributed by atoms with Crippen molar-refractivity contribution in [2.24, 2.45) is 0 Å². The van der Waals surface area contributed by atoms with Crippen LogP contribution >= 0.6 is 11.8 Å². The van der Waals surface area contributed by atoms with Gasteiger partial charge in [0.1, 0.15) is 0 Å². The van der Waals surface area contributed by atoms with Gasteiger partial charge in [0.2, 0.25) is 15.9 Å². The average molecular weight is 419 g/mol. The Morgan fingerprint density at radius 1 is 1.07 bits per heavy atom. The van der Waals surface area contributed by atoms with Gasteiger partial charge in [0.05, 0.1) is 22.9 Å². The summed E-state index contributed by atoms with van der Waals surface area (Å²) in [5, 5.41) is 0. The number of aryl methyl sites for hydroxylation is 2. The van der Waals surface area contributed by atoms with E-state index in [0.29, 0.717) is 31.1 Å². The van der Waals surface area contributed by atoms with Gasteiger partial charge in [-0.3, -0.25) is 4.79 Å². The van der Waals surface area contributed by atoms with Gasteiger partial charge in [-0.1, -0.05) is 37.6 Å². The maximum atomic E-state index is 12.9. The number of benzene rings is 2. The third kappa shape index (κ3) is 3.97. The third-order valence-electron chi connectivity index (χ3n) is 5.05. The predicted octanol–water partition coefficient (Wildman–Crippen LogP) is 3.97. The van der Waals surface area contributed by atoms with Crippen molar-refractivity contribution in [1.29, 1.82) is 0 Å². The average Bonchev–Trinajstić information content (AvgIpc) is 2.67. The molecule has 0 fully saturated rings. The Balaban J connectivity index is 2.04. The fraction of sp³-hybridized carbons (Fsp3) is 0.381. The first-order valence-corrected chi connectivity index (χ1v) is 11.8. The van der Waals surface area contributed by atoms with Crippen LogP contribution in [0.25, 0.3) is 0 Å². The quantitative estimate of drug-likeness (QED) is 0.712. The molecule has 1 heterocycles. The number of hydrogen-bond donors (Lipinski definition) is 0. The molecular weight excluding hydrogens is 392 g/mol. The molecule has 0 aliphatic carbocycles. The van der Waals surface area contributed by atoms with E-state index in [1.54, 1.807) is 17.0 Å². The summed E-state index contributed by atoms with van der Waals surface area (Å²) in [5.74, 6) is 0.357. The van der Waals surface area contributed by atoms with Gasteiger partial charge in [0, 0.05) is 18.0 Å². The summed E-state index contributed by atoms with van der Waals surface area (Å²) in [7, 11) is -3.58. The summed E-state index contributed by atoms with van der Waals surface area (Å²) in [6, 6.07) is 11.3. The molecule has 7 heteroatoms. The van der Waals surface area contributed by atoms with Gasteiger partial charge in [-0.15, -0.1) is 11.8 Å². The Labute approximate surface area is 171 Å². The lowest BCUT2D eigenvalue weighted by molar-refractivity contribution is -0.116. The molecule has 0 saturated carbocycles. The summed E-state index contributed by atoms with van der Waals surface area (Å²) in [5.41, 5.74) is 4.00. The highest BCUT2D eigenvalue weighted by Crippen LogP contribution is 2.38. The summed E-state index contributed by atoms with van der Waals surface area (Å²) in [6.07, 6.45) is 0. The molecule has 150 valence electrons. The second-order valence-electron chi connectivity index (χ2n) is 6.92. The van der Waals surface area contributed by atoms with Crippen molar-refractivity contribution in [3.63, 3.8) is 0 Å². The second kappa shape index (κ2) is 8.27. The molecule has 0 unspecified atom stereocenters. The Hall–Kier alpha value is -1.83. The van der Waals surface area contributed by atoms with Crippen molar-refractivity contribution in [1.82, 2.24) is 4.31 Å². The summed E-state index contributed by atoms with van der Waals surface area (Å²) < 4.78 is 27.3. The molecule has 0 atom stereocenters. The number of rotatable bonds is 6. The SMILES string of the molecule is CCN(CC)S(=O)(=O)c1ccc2c(c1)N(Cc1cc(C)ccc1C)C(=O)CS2. The topological polar surface area (TPSA) is 57.7 Å². The fourth-order valence-corrected chi connectivity index (χ4v) is 5.76. The summed E-state index contributed by atoms with van der Waals surface area (Å²) >= 11 is 1.46. The smallest absolute Gasteiger partial charge is 0.243 e. The van der Waals surface area contributed by atoms with Crippen LogP contribution < -0.4 is 4.90 Å². The van der Waals surface area contributed by atoms with Crippen LogP contribution in [-0.2, 0) is 21.4 Å². The number of carbonyl (C=O) groups is 1. The molecule has 3 rings (SSSR count). The van der Waals surface area contributed by atoms with Crippen LogP contribution in [0.15, 0.2) is 46.2 Å². The van der Waals surface area contributed by atoms with E-state index >= 15 is 0 Å². The highest BCUT2D eigenvalue weighted by molar-refractivity contribution is 8.00. The minimum Gasteiger partial charge on any atom is -0.306 e. The zero-order valence-corrected chi connectivity index (χ0v) is 18.4. The lowest BCUT2D eigenvalue weighted by atomic mass is 10.0. The van der Waals surface area contributed by atoms with Gasteiger partial charge in [-0.05, 0) is 43.2 Å². The lowest BCUT2D eigenvalue weighted by Gasteiger charge is -2.30. The molecule has 0 aromatic heterocycles. The molecule has 0 saturated heterocycles. The van der Waals surface area contributed by atoms with Crippen molar-refractivity contribution in [2.45, 2.75) is 44.0 Å². The predicted molar refractivity (Wildman–Crippen MR) is 114 cm³/mol. The van der Waals surface area contributed by atoms with Crippen LogP contribution in [0.5, 0.6) is 0 Å². The van der Waals surface area contributed by atoms with Gasteiger partial charge in [-0.2, -0.15) is 4.31 Å². The van der Waals surface area contributed by atoms with Crippen LogP contribution in [0.2, 0.25) is 0 Å². The van der Waals surface area contributed by atoms with Crippen molar-refractivity contribution >= 4 is 33.4 Å². The first-order chi connectivity index (χ1) is 13.3. The minimum absolute atomic E-state index is 0.00390. The number of fused-ring (bicyclic) bond motifs is 1.